The van der Waals surface area contributed by atoms with Crippen molar-refractivity contribution in [1.29, 1.82) is 0 Å². The molecule has 17 heavy (non-hydrogen) atoms. The van der Waals surface area contributed by atoms with Crippen molar-refractivity contribution in [2.24, 2.45) is 5.73 Å². The maximum absolute atomic E-state index is 12.2. The van der Waals surface area contributed by atoms with Gasteiger partial charge in [-0.1, -0.05) is 25.1 Å². The molecule has 2 rings (SSSR count). The van der Waals surface area contributed by atoms with Gasteiger partial charge in [-0.05, 0) is 31.4 Å². The van der Waals surface area contributed by atoms with Gasteiger partial charge in [0.2, 0.25) is 5.91 Å². The number of carbonyl (C=O) groups excluding carboxylic acids is 1. The maximum atomic E-state index is 12.2. The van der Waals surface area contributed by atoms with Gasteiger partial charge in [-0.25, -0.2) is 0 Å². The first-order chi connectivity index (χ1) is 7.65. The molecule has 1 aromatic rings. The number of benzene rings is 1. The zero-order chi connectivity index (χ0) is 11.7. The van der Waals surface area contributed by atoms with Crippen LogP contribution in [0.1, 0.15) is 25.8 Å². The second kappa shape index (κ2) is 5.52. The van der Waals surface area contributed by atoms with E-state index in [1.807, 2.05) is 30.0 Å². The molecule has 1 aliphatic rings. The first-order valence-corrected chi connectivity index (χ1v) is 5.81. The van der Waals surface area contributed by atoms with E-state index < -0.39 is 0 Å². The van der Waals surface area contributed by atoms with Gasteiger partial charge in [-0.15, -0.1) is 12.4 Å². The Morgan fingerprint density at radius 3 is 2.82 bits per heavy atom. The number of anilines is 1. The largest absolute Gasteiger partial charge is 0.320 e. The van der Waals surface area contributed by atoms with Crippen molar-refractivity contribution in [2.75, 3.05) is 4.90 Å². The molecule has 1 amide bonds. The zero-order valence-corrected chi connectivity index (χ0v) is 11.0. The molecule has 0 saturated heterocycles. The van der Waals surface area contributed by atoms with E-state index in [9.17, 15) is 4.79 Å². The number of para-hydroxylation sites is 1. The molecule has 1 heterocycles. The molecule has 0 fully saturated rings. The number of rotatable bonds is 2. The van der Waals surface area contributed by atoms with Crippen LogP contribution in [0.2, 0.25) is 0 Å². The maximum Gasteiger partial charge on any atom is 0.244 e. The van der Waals surface area contributed by atoms with E-state index in [-0.39, 0.29) is 30.4 Å². The van der Waals surface area contributed by atoms with Gasteiger partial charge in [0.15, 0.2) is 0 Å². The molecular weight excluding hydrogens is 236 g/mol. The highest BCUT2D eigenvalue weighted by Crippen LogP contribution is 2.32. The highest BCUT2D eigenvalue weighted by atomic mass is 35.5. The number of carbonyl (C=O) groups is 1. The molecule has 2 atom stereocenters. The number of fused-ring (bicyclic) bond motifs is 1. The molecule has 1 aliphatic heterocycles. The van der Waals surface area contributed by atoms with Crippen LogP contribution >= 0.6 is 12.4 Å². The fourth-order valence-electron chi connectivity index (χ4n) is 2.25. The van der Waals surface area contributed by atoms with Crippen molar-refractivity contribution in [2.45, 2.75) is 38.8 Å². The fourth-order valence-corrected chi connectivity index (χ4v) is 2.25. The summed E-state index contributed by atoms with van der Waals surface area (Å²) in [7, 11) is 0. The summed E-state index contributed by atoms with van der Waals surface area (Å²) in [5.41, 5.74) is 8.10. The third kappa shape index (κ3) is 2.45. The highest BCUT2D eigenvalue weighted by Gasteiger charge is 2.32. The monoisotopic (exact) mass is 254 g/mol. The lowest BCUT2D eigenvalue weighted by molar-refractivity contribution is -0.120. The average molecular weight is 255 g/mol. The predicted octanol–water partition coefficient (Wildman–Crippen LogP) is 2.12. The van der Waals surface area contributed by atoms with Crippen LogP contribution in [-0.4, -0.2) is 18.0 Å². The van der Waals surface area contributed by atoms with Crippen LogP contribution in [0.4, 0.5) is 5.69 Å². The summed E-state index contributed by atoms with van der Waals surface area (Å²) in [4.78, 5) is 14.0. The highest BCUT2D eigenvalue weighted by molar-refractivity contribution is 5.99. The minimum atomic E-state index is -0.381. The molecule has 4 heteroatoms. The SMILES string of the molecule is CC[C@H](N)C(=O)N1c2ccccc2CC1C.Cl. The Balaban J connectivity index is 0.00000144. The smallest absolute Gasteiger partial charge is 0.244 e. The minimum Gasteiger partial charge on any atom is -0.320 e. The summed E-state index contributed by atoms with van der Waals surface area (Å²) >= 11 is 0. The van der Waals surface area contributed by atoms with Gasteiger partial charge in [0.25, 0.3) is 0 Å². The first kappa shape index (κ1) is 14.0. The second-order valence-corrected chi connectivity index (χ2v) is 4.40. The van der Waals surface area contributed by atoms with Crippen molar-refractivity contribution in [3.8, 4) is 0 Å². The lowest BCUT2D eigenvalue weighted by Gasteiger charge is -2.25. The van der Waals surface area contributed by atoms with Crippen LogP contribution in [0, 0.1) is 0 Å². The van der Waals surface area contributed by atoms with E-state index in [4.69, 9.17) is 5.73 Å². The number of hydrogen-bond acceptors (Lipinski definition) is 2. The molecule has 3 nitrogen and oxygen atoms in total. The molecule has 2 N–H and O–H groups in total. The normalized spacial score (nSPS) is 19.5. The van der Waals surface area contributed by atoms with Gasteiger partial charge in [0.1, 0.15) is 0 Å². The van der Waals surface area contributed by atoms with E-state index >= 15 is 0 Å². The fraction of sp³-hybridized carbons (Fsp3) is 0.462. The van der Waals surface area contributed by atoms with Crippen molar-refractivity contribution < 1.29 is 4.79 Å². The van der Waals surface area contributed by atoms with E-state index in [2.05, 4.69) is 13.0 Å². The summed E-state index contributed by atoms with van der Waals surface area (Å²) in [5, 5.41) is 0. The second-order valence-electron chi connectivity index (χ2n) is 4.40. The summed E-state index contributed by atoms with van der Waals surface area (Å²) in [6.07, 6.45) is 1.61. The molecule has 1 aromatic carbocycles. The van der Waals surface area contributed by atoms with Crippen molar-refractivity contribution in [1.82, 2.24) is 0 Å². The molecule has 94 valence electrons. The Kier molecular flexibility index (Phi) is 4.54. The molecule has 0 radical (unpaired) electrons. The molecule has 0 bridgehead atoms. The molecule has 0 saturated carbocycles. The van der Waals surface area contributed by atoms with Gasteiger partial charge in [0, 0.05) is 11.7 Å². The van der Waals surface area contributed by atoms with Gasteiger partial charge in [-0.3, -0.25) is 4.79 Å². The summed E-state index contributed by atoms with van der Waals surface area (Å²) in [6.45, 7) is 4.01. The molecule has 0 aromatic heterocycles. The van der Waals surface area contributed by atoms with E-state index in [0.717, 1.165) is 12.1 Å². The number of nitrogens with two attached hydrogens (primary N) is 1. The summed E-state index contributed by atoms with van der Waals surface area (Å²) < 4.78 is 0. The number of hydrogen-bond donors (Lipinski definition) is 1. The van der Waals surface area contributed by atoms with Gasteiger partial charge in [-0.2, -0.15) is 0 Å². The van der Waals surface area contributed by atoms with Crippen molar-refractivity contribution >= 4 is 24.0 Å². The number of nitrogens with zero attached hydrogens (tertiary/aromatic N) is 1. The Labute approximate surface area is 108 Å². The van der Waals surface area contributed by atoms with Crippen LogP contribution in [0.15, 0.2) is 24.3 Å². The van der Waals surface area contributed by atoms with Gasteiger partial charge >= 0.3 is 0 Å². The van der Waals surface area contributed by atoms with Crippen LogP contribution in [0.3, 0.4) is 0 Å². The lowest BCUT2D eigenvalue weighted by atomic mass is 10.1. The predicted molar refractivity (Wildman–Crippen MR) is 72.6 cm³/mol. The van der Waals surface area contributed by atoms with Crippen LogP contribution in [0.25, 0.3) is 0 Å². The molecule has 1 unspecified atom stereocenters. The zero-order valence-electron chi connectivity index (χ0n) is 10.2. The number of halogens is 1. The van der Waals surface area contributed by atoms with Gasteiger partial charge < -0.3 is 10.6 Å². The average Bonchev–Trinajstić information content (AvgIpc) is 2.63. The topological polar surface area (TPSA) is 46.3 Å². The van der Waals surface area contributed by atoms with E-state index in [0.29, 0.717) is 6.42 Å². The van der Waals surface area contributed by atoms with Crippen LogP contribution in [0.5, 0.6) is 0 Å². The third-order valence-electron chi connectivity index (χ3n) is 3.20. The first-order valence-electron chi connectivity index (χ1n) is 5.81. The Morgan fingerprint density at radius 1 is 1.53 bits per heavy atom. The van der Waals surface area contributed by atoms with Crippen LogP contribution in [-0.2, 0) is 11.2 Å². The minimum absolute atomic E-state index is 0. The molecule has 0 spiro atoms. The van der Waals surface area contributed by atoms with Crippen molar-refractivity contribution in [3.05, 3.63) is 29.8 Å². The quantitative estimate of drug-likeness (QED) is 0.879. The van der Waals surface area contributed by atoms with E-state index in [1.54, 1.807) is 0 Å². The standard InChI is InChI=1S/C13H18N2O.ClH/c1-3-11(14)13(16)15-9(2)8-10-6-4-5-7-12(10)15;/h4-7,9,11H,3,8,14H2,1-2H3;1H/t9?,11-;/m0./s1. The van der Waals surface area contributed by atoms with Crippen LogP contribution < -0.4 is 10.6 Å². The lowest BCUT2D eigenvalue weighted by Crippen LogP contribution is -2.46. The van der Waals surface area contributed by atoms with E-state index in [1.165, 1.54) is 5.56 Å². The summed E-state index contributed by atoms with van der Waals surface area (Å²) in [6, 6.07) is 7.90. The van der Waals surface area contributed by atoms with Gasteiger partial charge in [0.05, 0.1) is 6.04 Å². The Bertz CT molecular complexity index is 408. The molecular formula is C13H19ClN2O. The van der Waals surface area contributed by atoms with Crippen molar-refractivity contribution in [3.63, 3.8) is 0 Å². The summed E-state index contributed by atoms with van der Waals surface area (Å²) in [5.74, 6) is 0.0416. The Morgan fingerprint density at radius 2 is 2.18 bits per heavy atom. The number of amides is 1. The molecule has 0 aliphatic carbocycles. The third-order valence-corrected chi connectivity index (χ3v) is 3.20. The Hall–Kier alpha value is -1.06.